The quantitative estimate of drug-likeness (QED) is 0.799. The molecule has 1 aliphatic heterocycles. The van der Waals surface area contributed by atoms with Gasteiger partial charge in [0.1, 0.15) is 5.75 Å². The highest BCUT2D eigenvalue weighted by Gasteiger charge is 2.22. The number of carbonyl (C=O) groups is 1. The summed E-state index contributed by atoms with van der Waals surface area (Å²) in [5.74, 6) is -0.0234. The van der Waals surface area contributed by atoms with Gasteiger partial charge < -0.3 is 20.6 Å². The first kappa shape index (κ1) is 16.7. The number of anilines is 2. The van der Waals surface area contributed by atoms with Crippen LogP contribution in [0.3, 0.4) is 0 Å². The average molecular weight is 341 g/mol. The van der Waals surface area contributed by atoms with Gasteiger partial charge in [-0.1, -0.05) is 18.7 Å². The maximum atomic E-state index is 11.3. The summed E-state index contributed by atoms with van der Waals surface area (Å²) in [6.07, 6.45) is 1.13. The molecule has 0 spiro atoms. The van der Waals surface area contributed by atoms with Crippen LogP contribution in [0.5, 0.6) is 5.75 Å². The molecule has 0 aliphatic carbocycles. The number of carbonyl (C=O) groups excluding carboxylic acids is 1. The second kappa shape index (κ2) is 7.18. The number of hydrogen-bond acceptors (Lipinski definition) is 8. The van der Waals surface area contributed by atoms with Gasteiger partial charge in [0.25, 0.3) is 0 Å². The Morgan fingerprint density at radius 1 is 1.24 bits per heavy atom. The molecule has 25 heavy (non-hydrogen) atoms. The second-order valence-electron chi connectivity index (χ2n) is 5.55. The standard InChI is InChI=1S/C17H19N5O3/c1-2-16(24)25-22-9-7-21(8-10-22)14-11-13(19-20-17(14)18)12-5-3-4-6-15(12)23/h2-6,11,23H,1,7-10H2,(H2,18,20). The molecule has 8 heteroatoms. The Hall–Kier alpha value is -3.13. The lowest BCUT2D eigenvalue weighted by Gasteiger charge is -2.34. The SMILES string of the molecule is C=CC(=O)ON1CCN(c2cc(-c3ccccc3O)nnc2N)CC1. The number of phenolic OH excluding ortho intramolecular Hbond substituents is 1. The number of para-hydroxylation sites is 1. The Morgan fingerprint density at radius 3 is 2.64 bits per heavy atom. The van der Waals surface area contributed by atoms with E-state index in [1.165, 1.54) is 0 Å². The van der Waals surface area contributed by atoms with Crippen molar-refractivity contribution in [3.63, 3.8) is 0 Å². The van der Waals surface area contributed by atoms with Crippen molar-refractivity contribution in [1.29, 1.82) is 0 Å². The molecule has 8 nitrogen and oxygen atoms in total. The van der Waals surface area contributed by atoms with E-state index in [0.29, 0.717) is 43.3 Å². The molecule has 1 fully saturated rings. The minimum absolute atomic E-state index is 0.133. The number of nitrogens with zero attached hydrogens (tertiary/aromatic N) is 4. The van der Waals surface area contributed by atoms with Crippen molar-refractivity contribution in [2.24, 2.45) is 0 Å². The number of nitrogen functional groups attached to an aromatic ring is 1. The first-order chi connectivity index (χ1) is 12.1. The summed E-state index contributed by atoms with van der Waals surface area (Å²) in [7, 11) is 0. The minimum Gasteiger partial charge on any atom is -0.507 e. The summed E-state index contributed by atoms with van der Waals surface area (Å²) in [6.45, 7) is 5.68. The number of hydroxylamine groups is 2. The van der Waals surface area contributed by atoms with Gasteiger partial charge in [-0.25, -0.2) is 4.79 Å². The van der Waals surface area contributed by atoms with Gasteiger partial charge in [0.15, 0.2) is 5.82 Å². The molecule has 1 aliphatic rings. The van der Waals surface area contributed by atoms with Gasteiger partial charge >= 0.3 is 5.97 Å². The summed E-state index contributed by atoms with van der Waals surface area (Å²) < 4.78 is 0. The Balaban J connectivity index is 1.77. The number of benzene rings is 1. The molecular formula is C17H19N5O3. The topological polar surface area (TPSA) is 105 Å². The third kappa shape index (κ3) is 3.69. The molecule has 2 heterocycles. The fourth-order valence-electron chi connectivity index (χ4n) is 2.65. The van der Waals surface area contributed by atoms with Gasteiger partial charge in [-0.2, -0.15) is 0 Å². The van der Waals surface area contributed by atoms with E-state index in [-0.39, 0.29) is 5.75 Å². The Bertz CT molecular complexity index is 788. The highest BCUT2D eigenvalue weighted by atomic mass is 16.7. The third-order valence-electron chi connectivity index (χ3n) is 3.95. The van der Waals surface area contributed by atoms with Gasteiger partial charge in [-0.15, -0.1) is 15.3 Å². The summed E-state index contributed by atoms with van der Waals surface area (Å²) in [6, 6.07) is 8.74. The van der Waals surface area contributed by atoms with Crippen LogP contribution in [0.4, 0.5) is 11.5 Å². The molecule has 0 radical (unpaired) electrons. The van der Waals surface area contributed by atoms with Crippen molar-refractivity contribution in [3.8, 4) is 17.0 Å². The zero-order chi connectivity index (χ0) is 17.8. The lowest BCUT2D eigenvalue weighted by Crippen LogP contribution is -2.47. The summed E-state index contributed by atoms with van der Waals surface area (Å²) in [5.41, 5.74) is 7.86. The lowest BCUT2D eigenvalue weighted by atomic mass is 10.1. The van der Waals surface area contributed by atoms with Gasteiger partial charge in [-0.3, -0.25) is 0 Å². The van der Waals surface area contributed by atoms with Crippen LogP contribution in [0.2, 0.25) is 0 Å². The van der Waals surface area contributed by atoms with Gasteiger partial charge in [0.05, 0.1) is 24.5 Å². The molecule has 1 aromatic heterocycles. The highest BCUT2D eigenvalue weighted by molar-refractivity contribution is 5.81. The molecule has 130 valence electrons. The molecule has 3 N–H and O–H groups in total. The van der Waals surface area contributed by atoms with Crippen LogP contribution in [-0.2, 0) is 9.63 Å². The molecular weight excluding hydrogens is 322 g/mol. The van der Waals surface area contributed by atoms with Crippen LogP contribution in [0.25, 0.3) is 11.3 Å². The number of aromatic hydroxyl groups is 1. The number of rotatable bonds is 4. The smallest absolute Gasteiger partial charge is 0.349 e. The fourth-order valence-corrected chi connectivity index (χ4v) is 2.65. The highest BCUT2D eigenvalue weighted by Crippen LogP contribution is 2.31. The molecule has 1 saturated heterocycles. The van der Waals surface area contributed by atoms with E-state index in [1.54, 1.807) is 23.3 Å². The van der Waals surface area contributed by atoms with E-state index in [4.69, 9.17) is 10.6 Å². The average Bonchev–Trinajstić information content (AvgIpc) is 2.63. The summed E-state index contributed by atoms with van der Waals surface area (Å²) in [4.78, 5) is 18.4. The monoisotopic (exact) mass is 341 g/mol. The lowest BCUT2D eigenvalue weighted by molar-refractivity contribution is -0.185. The van der Waals surface area contributed by atoms with Gasteiger partial charge in [0, 0.05) is 24.7 Å². The molecule has 3 rings (SSSR count). The number of hydrogen-bond donors (Lipinski definition) is 2. The summed E-state index contributed by atoms with van der Waals surface area (Å²) >= 11 is 0. The predicted molar refractivity (Wildman–Crippen MR) is 93.6 cm³/mol. The Kier molecular flexibility index (Phi) is 4.80. The Morgan fingerprint density at radius 2 is 1.96 bits per heavy atom. The molecule has 0 unspecified atom stereocenters. The fraction of sp³-hybridized carbons (Fsp3) is 0.235. The summed E-state index contributed by atoms with van der Waals surface area (Å²) in [5, 5.41) is 19.7. The van der Waals surface area contributed by atoms with Crippen molar-refractivity contribution < 1.29 is 14.7 Å². The van der Waals surface area contributed by atoms with Crippen LogP contribution in [0, 0.1) is 0 Å². The van der Waals surface area contributed by atoms with Crippen molar-refractivity contribution in [2.45, 2.75) is 0 Å². The van der Waals surface area contributed by atoms with Crippen molar-refractivity contribution in [1.82, 2.24) is 15.3 Å². The Labute approximate surface area is 145 Å². The van der Waals surface area contributed by atoms with Crippen LogP contribution in [-0.4, -0.2) is 52.5 Å². The first-order valence-electron chi connectivity index (χ1n) is 7.84. The van der Waals surface area contributed by atoms with Crippen molar-refractivity contribution >= 4 is 17.5 Å². The third-order valence-corrected chi connectivity index (χ3v) is 3.95. The maximum Gasteiger partial charge on any atom is 0.349 e. The number of aromatic nitrogens is 2. The van der Waals surface area contributed by atoms with Crippen LogP contribution < -0.4 is 10.6 Å². The van der Waals surface area contributed by atoms with Crippen molar-refractivity contribution in [3.05, 3.63) is 43.0 Å². The molecule has 0 saturated carbocycles. The molecule has 0 amide bonds. The van der Waals surface area contributed by atoms with E-state index in [1.807, 2.05) is 17.0 Å². The van der Waals surface area contributed by atoms with E-state index < -0.39 is 5.97 Å². The minimum atomic E-state index is -0.472. The maximum absolute atomic E-state index is 11.3. The number of piperazine rings is 1. The molecule has 0 bridgehead atoms. The van der Waals surface area contributed by atoms with Crippen LogP contribution >= 0.6 is 0 Å². The number of nitrogens with two attached hydrogens (primary N) is 1. The van der Waals surface area contributed by atoms with E-state index in [0.717, 1.165) is 11.8 Å². The largest absolute Gasteiger partial charge is 0.507 e. The first-order valence-corrected chi connectivity index (χ1v) is 7.84. The second-order valence-corrected chi connectivity index (χ2v) is 5.55. The van der Waals surface area contributed by atoms with E-state index in [9.17, 15) is 9.90 Å². The zero-order valence-corrected chi connectivity index (χ0v) is 13.6. The zero-order valence-electron chi connectivity index (χ0n) is 13.6. The van der Waals surface area contributed by atoms with Gasteiger partial charge in [0.2, 0.25) is 0 Å². The van der Waals surface area contributed by atoms with Crippen LogP contribution in [0.1, 0.15) is 0 Å². The van der Waals surface area contributed by atoms with Crippen molar-refractivity contribution in [2.75, 3.05) is 36.8 Å². The molecule has 1 aromatic carbocycles. The molecule has 2 aromatic rings. The van der Waals surface area contributed by atoms with Crippen LogP contribution in [0.15, 0.2) is 43.0 Å². The van der Waals surface area contributed by atoms with E-state index in [2.05, 4.69) is 16.8 Å². The van der Waals surface area contributed by atoms with E-state index >= 15 is 0 Å². The number of phenols is 1. The molecule has 0 atom stereocenters. The predicted octanol–water partition coefficient (Wildman–Crippen LogP) is 1.20. The van der Waals surface area contributed by atoms with Gasteiger partial charge in [-0.05, 0) is 18.2 Å². The normalized spacial score (nSPS) is 15.0.